The Morgan fingerprint density at radius 2 is 2.10 bits per heavy atom. The molecule has 0 spiro atoms. The highest BCUT2D eigenvalue weighted by Gasteiger charge is 2.34. The van der Waals surface area contributed by atoms with Crippen LogP contribution in [0.25, 0.3) is 0 Å². The van der Waals surface area contributed by atoms with Gasteiger partial charge in [-0.1, -0.05) is 25.3 Å². The SMILES string of the molecule is Cc1ccc(C#N)c(NC2(CC(=O)O)CCCCC2)c1. The van der Waals surface area contributed by atoms with E-state index in [1.54, 1.807) is 6.07 Å². The van der Waals surface area contributed by atoms with Gasteiger partial charge in [0.05, 0.1) is 17.7 Å². The van der Waals surface area contributed by atoms with Crippen LogP contribution in [0, 0.1) is 18.3 Å². The van der Waals surface area contributed by atoms with Gasteiger partial charge in [0.15, 0.2) is 0 Å². The van der Waals surface area contributed by atoms with E-state index >= 15 is 0 Å². The number of nitrogens with zero attached hydrogens (tertiary/aromatic N) is 1. The number of hydrogen-bond donors (Lipinski definition) is 2. The Hall–Kier alpha value is -2.02. The molecular weight excluding hydrogens is 252 g/mol. The van der Waals surface area contributed by atoms with E-state index < -0.39 is 11.5 Å². The largest absolute Gasteiger partial charge is 0.481 e. The van der Waals surface area contributed by atoms with Gasteiger partial charge in [0.1, 0.15) is 6.07 Å². The van der Waals surface area contributed by atoms with Gasteiger partial charge >= 0.3 is 5.97 Å². The lowest BCUT2D eigenvalue weighted by atomic mass is 9.79. The normalized spacial score (nSPS) is 17.2. The van der Waals surface area contributed by atoms with Crippen LogP contribution in [0.15, 0.2) is 18.2 Å². The molecule has 1 aliphatic carbocycles. The first kappa shape index (κ1) is 14.4. The third-order valence-corrected chi connectivity index (χ3v) is 4.00. The molecule has 0 radical (unpaired) electrons. The highest BCUT2D eigenvalue weighted by Crippen LogP contribution is 2.35. The summed E-state index contributed by atoms with van der Waals surface area (Å²) in [6.45, 7) is 1.97. The lowest BCUT2D eigenvalue weighted by Gasteiger charge is -2.38. The molecule has 1 saturated carbocycles. The first-order valence-corrected chi connectivity index (χ1v) is 7.05. The zero-order valence-corrected chi connectivity index (χ0v) is 11.8. The van der Waals surface area contributed by atoms with Crippen LogP contribution in [0.3, 0.4) is 0 Å². The molecule has 20 heavy (non-hydrogen) atoms. The summed E-state index contributed by atoms with van der Waals surface area (Å²) in [5.74, 6) is -0.787. The number of hydrogen-bond acceptors (Lipinski definition) is 3. The number of benzene rings is 1. The van der Waals surface area contributed by atoms with Crippen LogP contribution in [-0.2, 0) is 4.79 Å². The Bertz CT molecular complexity index is 540. The number of nitriles is 1. The molecule has 4 nitrogen and oxygen atoms in total. The first-order valence-electron chi connectivity index (χ1n) is 7.05. The molecule has 0 amide bonds. The second-order valence-corrected chi connectivity index (χ2v) is 5.70. The van der Waals surface area contributed by atoms with Gasteiger partial charge in [0.25, 0.3) is 0 Å². The molecule has 1 fully saturated rings. The highest BCUT2D eigenvalue weighted by atomic mass is 16.4. The molecule has 1 aliphatic rings. The molecule has 0 saturated heterocycles. The average Bonchev–Trinajstić information content (AvgIpc) is 2.39. The summed E-state index contributed by atoms with van der Waals surface area (Å²) < 4.78 is 0. The minimum Gasteiger partial charge on any atom is -0.481 e. The Morgan fingerprint density at radius 1 is 1.40 bits per heavy atom. The summed E-state index contributed by atoms with van der Waals surface area (Å²) in [4.78, 5) is 11.2. The molecule has 0 atom stereocenters. The highest BCUT2D eigenvalue weighted by molar-refractivity contribution is 5.70. The third-order valence-electron chi connectivity index (χ3n) is 4.00. The summed E-state index contributed by atoms with van der Waals surface area (Å²) in [5.41, 5.74) is 1.98. The van der Waals surface area contributed by atoms with Crippen LogP contribution in [0.5, 0.6) is 0 Å². The Labute approximate surface area is 119 Å². The van der Waals surface area contributed by atoms with E-state index in [4.69, 9.17) is 0 Å². The molecule has 4 heteroatoms. The first-order chi connectivity index (χ1) is 9.54. The molecule has 106 valence electrons. The number of anilines is 1. The van der Waals surface area contributed by atoms with E-state index in [-0.39, 0.29) is 6.42 Å². The summed E-state index contributed by atoms with van der Waals surface area (Å²) in [6.07, 6.45) is 5.02. The van der Waals surface area contributed by atoms with Crippen molar-refractivity contribution in [3.05, 3.63) is 29.3 Å². The fourth-order valence-corrected chi connectivity index (χ4v) is 3.01. The predicted molar refractivity (Wildman–Crippen MR) is 77.6 cm³/mol. The molecule has 2 rings (SSSR count). The number of aliphatic carboxylic acids is 1. The fourth-order valence-electron chi connectivity index (χ4n) is 3.01. The second kappa shape index (κ2) is 5.96. The summed E-state index contributed by atoms with van der Waals surface area (Å²) in [7, 11) is 0. The Balaban J connectivity index is 2.30. The summed E-state index contributed by atoms with van der Waals surface area (Å²) in [6, 6.07) is 7.78. The van der Waals surface area contributed by atoms with Crippen molar-refractivity contribution in [1.82, 2.24) is 0 Å². The van der Waals surface area contributed by atoms with Gasteiger partial charge in [0.2, 0.25) is 0 Å². The van der Waals surface area contributed by atoms with Crippen LogP contribution >= 0.6 is 0 Å². The molecule has 2 N–H and O–H groups in total. The number of carboxylic acid groups (broad SMARTS) is 1. The van der Waals surface area contributed by atoms with Crippen LogP contribution in [0.1, 0.15) is 49.7 Å². The van der Waals surface area contributed by atoms with Crippen molar-refractivity contribution in [2.45, 2.75) is 51.0 Å². The third kappa shape index (κ3) is 3.30. The van der Waals surface area contributed by atoms with E-state index in [0.717, 1.165) is 43.4 Å². The minimum atomic E-state index is -0.787. The maximum absolute atomic E-state index is 11.2. The number of carbonyl (C=O) groups is 1. The number of rotatable bonds is 4. The maximum atomic E-state index is 11.2. The van der Waals surface area contributed by atoms with Gasteiger partial charge < -0.3 is 10.4 Å². The van der Waals surface area contributed by atoms with Crippen LogP contribution in [0.4, 0.5) is 5.69 Å². The molecule has 0 aliphatic heterocycles. The molecule has 1 aromatic rings. The van der Waals surface area contributed by atoms with E-state index in [0.29, 0.717) is 5.56 Å². The van der Waals surface area contributed by atoms with E-state index in [9.17, 15) is 15.2 Å². The average molecular weight is 272 g/mol. The molecule has 0 aromatic heterocycles. The molecule has 1 aromatic carbocycles. The Kier molecular flexibility index (Phi) is 4.29. The fraction of sp³-hybridized carbons (Fsp3) is 0.500. The maximum Gasteiger partial charge on any atom is 0.305 e. The van der Waals surface area contributed by atoms with Gasteiger partial charge in [-0.25, -0.2) is 0 Å². The molecular formula is C16H20N2O2. The standard InChI is InChI=1S/C16H20N2O2/c1-12-5-6-13(11-17)14(9-12)18-16(10-15(19)20)7-3-2-4-8-16/h5-6,9,18H,2-4,7-8,10H2,1H3,(H,19,20). The number of aryl methyl sites for hydroxylation is 1. The van der Waals surface area contributed by atoms with Gasteiger partial charge in [-0.15, -0.1) is 0 Å². The van der Waals surface area contributed by atoms with E-state index in [1.165, 1.54) is 0 Å². The van der Waals surface area contributed by atoms with Crippen molar-refractivity contribution < 1.29 is 9.90 Å². The quantitative estimate of drug-likeness (QED) is 0.880. The van der Waals surface area contributed by atoms with E-state index in [1.807, 2.05) is 19.1 Å². The molecule has 0 bridgehead atoms. The van der Waals surface area contributed by atoms with Crippen molar-refractivity contribution >= 4 is 11.7 Å². The van der Waals surface area contributed by atoms with Crippen LogP contribution in [-0.4, -0.2) is 16.6 Å². The van der Waals surface area contributed by atoms with Crippen molar-refractivity contribution in [3.8, 4) is 6.07 Å². The van der Waals surface area contributed by atoms with E-state index in [2.05, 4.69) is 11.4 Å². The monoisotopic (exact) mass is 272 g/mol. The second-order valence-electron chi connectivity index (χ2n) is 5.70. The predicted octanol–water partition coefficient (Wildman–Crippen LogP) is 3.46. The number of carboxylic acids is 1. The van der Waals surface area contributed by atoms with Crippen LogP contribution < -0.4 is 5.32 Å². The number of nitrogens with one attached hydrogen (secondary N) is 1. The van der Waals surface area contributed by atoms with Gasteiger partial charge in [-0.05, 0) is 37.5 Å². The van der Waals surface area contributed by atoms with Crippen molar-refractivity contribution in [2.24, 2.45) is 0 Å². The van der Waals surface area contributed by atoms with Crippen molar-refractivity contribution in [2.75, 3.05) is 5.32 Å². The summed E-state index contributed by atoms with van der Waals surface area (Å²) in [5, 5.41) is 21.8. The molecule has 0 unspecified atom stereocenters. The Morgan fingerprint density at radius 3 is 2.70 bits per heavy atom. The lowest BCUT2D eigenvalue weighted by molar-refractivity contribution is -0.138. The zero-order chi connectivity index (χ0) is 14.6. The van der Waals surface area contributed by atoms with Crippen molar-refractivity contribution in [1.29, 1.82) is 5.26 Å². The topological polar surface area (TPSA) is 73.1 Å². The van der Waals surface area contributed by atoms with Gasteiger partial charge in [-0.2, -0.15) is 5.26 Å². The summed E-state index contributed by atoms with van der Waals surface area (Å²) >= 11 is 0. The lowest BCUT2D eigenvalue weighted by Crippen LogP contribution is -2.42. The van der Waals surface area contributed by atoms with Crippen molar-refractivity contribution in [3.63, 3.8) is 0 Å². The van der Waals surface area contributed by atoms with Crippen LogP contribution in [0.2, 0.25) is 0 Å². The molecule has 0 heterocycles. The van der Waals surface area contributed by atoms with Gasteiger partial charge in [0, 0.05) is 5.54 Å². The van der Waals surface area contributed by atoms with Gasteiger partial charge in [-0.3, -0.25) is 4.79 Å². The smallest absolute Gasteiger partial charge is 0.305 e. The minimum absolute atomic E-state index is 0.103. The zero-order valence-electron chi connectivity index (χ0n) is 11.8.